The zero-order chi connectivity index (χ0) is 26.0. The maximum absolute atomic E-state index is 12.9. The van der Waals surface area contributed by atoms with Gasteiger partial charge in [-0.25, -0.2) is 9.59 Å². The quantitative estimate of drug-likeness (QED) is 0.270. The Hall–Kier alpha value is -3.61. The number of fused-ring (bicyclic) bond motifs is 1. The molecule has 4 rings (SSSR count). The zero-order valence-corrected chi connectivity index (χ0v) is 21.6. The molecule has 0 aliphatic carbocycles. The maximum atomic E-state index is 12.9. The van der Waals surface area contributed by atoms with Crippen molar-refractivity contribution in [3.05, 3.63) is 75.1 Å². The van der Waals surface area contributed by atoms with Crippen molar-refractivity contribution in [1.29, 1.82) is 0 Å². The van der Waals surface area contributed by atoms with Gasteiger partial charge in [-0.1, -0.05) is 30.3 Å². The Bertz CT molecular complexity index is 1330. The Balaban J connectivity index is 1.48. The van der Waals surface area contributed by atoms with Crippen molar-refractivity contribution in [2.75, 3.05) is 13.1 Å². The van der Waals surface area contributed by atoms with Crippen LogP contribution in [0.4, 0.5) is 4.79 Å². The summed E-state index contributed by atoms with van der Waals surface area (Å²) in [4.78, 5) is 39.7. The van der Waals surface area contributed by atoms with Crippen LogP contribution in [-0.4, -0.2) is 35.7 Å². The highest BCUT2D eigenvalue weighted by Gasteiger charge is 2.31. The number of esters is 1. The summed E-state index contributed by atoms with van der Waals surface area (Å²) in [5, 5.41) is 0.823. The highest BCUT2D eigenvalue weighted by molar-refractivity contribution is 5.87. The summed E-state index contributed by atoms with van der Waals surface area (Å²) >= 11 is 0. The lowest BCUT2D eigenvalue weighted by atomic mass is 9.97. The summed E-state index contributed by atoms with van der Waals surface area (Å²) < 4.78 is 16.9. The molecule has 0 saturated carbocycles. The number of hydrogen-bond acceptors (Lipinski definition) is 6. The van der Waals surface area contributed by atoms with E-state index in [1.165, 1.54) is 0 Å². The van der Waals surface area contributed by atoms with E-state index >= 15 is 0 Å². The summed E-state index contributed by atoms with van der Waals surface area (Å²) in [6.45, 7) is 10.1. The summed E-state index contributed by atoms with van der Waals surface area (Å²) in [7, 11) is 0. The summed E-state index contributed by atoms with van der Waals surface area (Å²) in [5.74, 6) is -0.290. The van der Waals surface area contributed by atoms with Crippen molar-refractivity contribution in [2.45, 2.75) is 59.5 Å². The molecule has 0 radical (unpaired) electrons. The number of piperidine rings is 1. The average molecular weight is 492 g/mol. The molecule has 7 nitrogen and oxygen atoms in total. The number of likely N-dealkylation sites (tertiary alicyclic amines) is 1. The van der Waals surface area contributed by atoms with Gasteiger partial charge in [0.25, 0.3) is 0 Å². The molecule has 2 aromatic carbocycles. The molecule has 190 valence electrons. The number of rotatable bonds is 4. The van der Waals surface area contributed by atoms with Crippen molar-refractivity contribution in [2.24, 2.45) is 5.92 Å². The van der Waals surface area contributed by atoms with Crippen LogP contribution in [-0.2, 0) is 16.0 Å². The monoisotopic (exact) mass is 491 g/mol. The predicted molar refractivity (Wildman–Crippen MR) is 137 cm³/mol. The smallest absolute Gasteiger partial charge is 0.410 e. The lowest BCUT2D eigenvalue weighted by Crippen LogP contribution is -2.43. The van der Waals surface area contributed by atoms with Crippen molar-refractivity contribution in [1.82, 2.24) is 4.90 Å². The SMILES string of the molecule is Cc1c(Cc2ccccc2)c(=O)oc2c(C)c(OC(=O)C3CCN(C(=O)OC(C)(C)C)CC3)ccc12. The summed E-state index contributed by atoms with van der Waals surface area (Å²) in [5.41, 5.74) is 2.61. The minimum Gasteiger partial charge on any atom is -0.444 e. The molecule has 0 unspecified atom stereocenters. The van der Waals surface area contributed by atoms with Gasteiger partial charge in [-0.2, -0.15) is 0 Å². The van der Waals surface area contributed by atoms with Crippen molar-refractivity contribution < 1.29 is 23.5 Å². The molecule has 1 aliphatic heterocycles. The van der Waals surface area contributed by atoms with Gasteiger partial charge in [0.2, 0.25) is 0 Å². The third-order valence-corrected chi connectivity index (χ3v) is 6.57. The van der Waals surface area contributed by atoms with Crippen LogP contribution >= 0.6 is 0 Å². The second-order valence-corrected chi connectivity index (χ2v) is 10.4. The molecule has 0 N–H and O–H groups in total. The van der Waals surface area contributed by atoms with Gasteiger partial charge in [0.1, 0.15) is 16.9 Å². The van der Waals surface area contributed by atoms with Gasteiger partial charge in [0.15, 0.2) is 0 Å². The first-order chi connectivity index (χ1) is 17.0. The van der Waals surface area contributed by atoms with Crippen LogP contribution in [0.5, 0.6) is 5.75 Å². The van der Waals surface area contributed by atoms with Crippen molar-refractivity contribution in [3.8, 4) is 5.75 Å². The molecule has 0 bridgehead atoms. The molecule has 1 aromatic heterocycles. The normalized spacial score (nSPS) is 14.6. The van der Waals surface area contributed by atoms with Crippen LogP contribution in [0.3, 0.4) is 0 Å². The van der Waals surface area contributed by atoms with Gasteiger partial charge in [0.05, 0.1) is 5.92 Å². The van der Waals surface area contributed by atoms with E-state index in [1.807, 2.05) is 64.1 Å². The number of carbonyl (C=O) groups excluding carboxylic acids is 2. The van der Waals surface area contributed by atoms with Gasteiger partial charge in [-0.15, -0.1) is 0 Å². The molecule has 1 amide bonds. The average Bonchev–Trinajstić information content (AvgIpc) is 2.83. The van der Waals surface area contributed by atoms with E-state index in [2.05, 4.69) is 0 Å². The second kappa shape index (κ2) is 10.2. The number of aryl methyl sites for hydroxylation is 2. The molecular formula is C29H33NO6. The van der Waals surface area contributed by atoms with Crippen molar-refractivity contribution in [3.63, 3.8) is 0 Å². The van der Waals surface area contributed by atoms with Gasteiger partial charge in [-0.05, 0) is 70.7 Å². The molecule has 0 atom stereocenters. The van der Waals surface area contributed by atoms with E-state index in [0.717, 1.165) is 16.5 Å². The van der Waals surface area contributed by atoms with Crippen LogP contribution in [0.25, 0.3) is 11.0 Å². The number of nitrogens with zero attached hydrogens (tertiary/aromatic N) is 1. The summed E-state index contributed by atoms with van der Waals surface area (Å²) in [6, 6.07) is 13.4. The lowest BCUT2D eigenvalue weighted by Gasteiger charge is -2.32. The molecular weight excluding hydrogens is 458 g/mol. The fourth-order valence-electron chi connectivity index (χ4n) is 4.50. The number of carbonyl (C=O) groups is 2. The van der Waals surface area contributed by atoms with Crippen LogP contribution in [0.15, 0.2) is 51.7 Å². The minimum absolute atomic E-state index is 0.319. The Morgan fingerprint density at radius 2 is 1.67 bits per heavy atom. The topological polar surface area (TPSA) is 86.0 Å². The van der Waals surface area contributed by atoms with Gasteiger partial charge < -0.3 is 18.8 Å². The fraction of sp³-hybridized carbons (Fsp3) is 0.414. The first-order valence-corrected chi connectivity index (χ1v) is 12.3. The number of ether oxygens (including phenoxy) is 2. The lowest BCUT2D eigenvalue weighted by molar-refractivity contribution is -0.140. The van der Waals surface area contributed by atoms with E-state index in [-0.39, 0.29) is 23.6 Å². The maximum Gasteiger partial charge on any atom is 0.410 e. The zero-order valence-electron chi connectivity index (χ0n) is 21.6. The Morgan fingerprint density at radius 3 is 2.31 bits per heavy atom. The number of hydrogen-bond donors (Lipinski definition) is 0. The molecule has 1 aliphatic rings. The molecule has 7 heteroatoms. The number of amides is 1. The Morgan fingerprint density at radius 1 is 1.00 bits per heavy atom. The van der Waals surface area contributed by atoms with Gasteiger partial charge in [-0.3, -0.25) is 4.79 Å². The van der Waals surface area contributed by atoms with Crippen LogP contribution in [0.2, 0.25) is 0 Å². The highest BCUT2D eigenvalue weighted by atomic mass is 16.6. The standard InChI is InChI=1S/C29H33NO6/c1-18-22-11-12-24(19(2)25(22)35-27(32)23(18)17-20-9-7-6-8-10-20)34-26(31)21-13-15-30(16-14-21)28(33)36-29(3,4)5/h6-12,21H,13-17H2,1-5H3. The fourth-order valence-corrected chi connectivity index (χ4v) is 4.50. The molecule has 1 fully saturated rings. The number of benzene rings is 2. The van der Waals surface area contributed by atoms with Crippen LogP contribution < -0.4 is 10.4 Å². The first-order valence-electron chi connectivity index (χ1n) is 12.3. The largest absolute Gasteiger partial charge is 0.444 e. The van der Waals surface area contributed by atoms with Crippen LogP contribution in [0, 0.1) is 19.8 Å². The minimum atomic E-state index is -0.559. The molecule has 36 heavy (non-hydrogen) atoms. The predicted octanol–water partition coefficient (Wildman–Crippen LogP) is 5.55. The van der Waals surface area contributed by atoms with E-state index in [9.17, 15) is 14.4 Å². The van der Waals surface area contributed by atoms with Gasteiger partial charge >= 0.3 is 17.7 Å². The van der Waals surface area contributed by atoms with E-state index < -0.39 is 5.60 Å². The molecule has 3 aromatic rings. The highest BCUT2D eigenvalue weighted by Crippen LogP contribution is 2.31. The Kier molecular flexibility index (Phi) is 7.20. The van der Waals surface area contributed by atoms with E-state index in [0.29, 0.717) is 54.8 Å². The van der Waals surface area contributed by atoms with Crippen molar-refractivity contribution >= 4 is 23.0 Å². The first kappa shape index (κ1) is 25.5. The summed E-state index contributed by atoms with van der Waals surface area (Å²) in [6.07, 6.45) is 1.13. The van der Waals surface area contributed by atoms with E-state index in [4.69, 9.17) is 13.9 Å². The third-order valence-electron chi connectivity index (χ3n) is 6.57. The van der Waals surface area contributed by atoms with Crippen LogP contribution in [0.1, 0.15) is 55.9 Å². The molecule has 2 heterocycles. The van der Waals surface area contributed by atoms with E-state index in [1.54, 1.807) is 17.9 Å². The second-order valence-electron chi connectivity index (χ2n) is 10.4. The van der Waals surface area contributed by atoms with Gasteiger partial charge in [0, 0.05) is 36.0 Å². The molecule has 0 spiro atoms. The molecule has 1 saturated heterocycles. The Labute approximate surface area is 211 Å². The third kappa shape index (κ3) is 5.61.